The minimum Gasteiger partial charge on any atom is -0.495 e. The average Bonchev–Trinajstić information content (AvgIpc) is 2.38. The number of hydrogen-bond donors (Lipinski definition) is 1. The second-order valence-corrected chi connectivity index (χ2v) is 4.92. The van der Waals surface area contributed by atoms with Gasteiger partial charge in [-0.1, -0.05) is 15.9 Å². The zero-order chi connectivity index (χ0) is 13.0. The first kappa shape index (κ1) is 12.9. The van der Waals surface area contributed by atoms with E-state index in [1.807, 2.05) is 18.2 Å². The first-order chi connectivity index (χ1) is 8.70. The van der Waals surface area contributed by atoms with E-state index in [2.05, 4.69) is 39.2 Å². The van der Waals surface area contributed by atoms with Crippen LogP contribution >= 0.6 is 15.9 Å². The van der Waals surface area contributed by atoms with E-state index in [9.17, 15) is 0 Å². The molecule has 0 unspecified atom stereocenters. The fraction of sp³-hybridized carbons (Fsp3) is 0.214. The number of ether oxygens (including phenoxy) is 1. The van der Waals surface area contributed by atoms with Crippen molar-refractivity contribution < 1.29 is 4.74 Å². The van der Waals surface area contributed by atoms with Crippen molar-refractivity contribution in [1.82, 2.24) is 4.98 Å². The Balaban J connectivity index is 2.19. The number of hydrogen-bond acceptors (Lipinski definition) is 3. The summed E-state index contributed by atoms with van der Waals surface area (Å²) in [5.74, 6) is 0.843. The largest absolute Gasteiger partial charge is 0.495 e. The monoisotopic (exact) mass is 306 g/mol. The van der Waals surface area contributed by atoms with Gasteiger partial charge < -0.3 is 10.1 Å². The van der Waals surface area contributed by atoms with Crippen molar-refractivity contribution in [3.05, 3.63) is 52.3 Å². The molecule has 4 heteroatoms. The van der Waals surface area contributed by atoms with Crippen LogP contribution in [0.5, 0.6) is 5.75 Å². The SMILES string of the molecule is COc1cc(Br)cc(C)c1NCc1ccncc1. The molecular formula is C14H15BrN2O. The lowest BCUT2D eigenvalue weighted by molar-refractivity contribution is 0.416. The van der Waals surface area contributed by atoms with E-state index in [-0.39, 0.29) is 0 Å². The van der Waals surface area contributed by atoms with E-state index in [4.69, 9.17) is 4.74 Å². The van der Waals surface area contributed by atoms with Crippen LogP contribution in [0.15, 0.2) is 41.1 Å². The summed E-state index contributed by atoms with van der Waals surface area (Å²) >= 11 is 3.47. The highest BCUT2D eigenvalue weighted by Crippen LogP contribution is 2.32. The maximum atomic E-state index is 5.39. The Hall–Kier alpha value is -1.55. The van der Waals surface area contributed by atoms with Crippen LogP contribution in [0.4, 0.5) is 5.69 Å². The highest BCUT2D eigenvalue weighted by Gasteiger charge is 2.07. The number of aryl methyl sites for hydroxylation is 1. The van der Waals surface area contributed by atoms with Crippen molar-refractivity contribution in [1.29, 1.82) is 0 Å². The van der Waals surface area contributed by atoms with Crippen LogP contribution in [-0.4, -0.2) is 12.1 Å². The Bertz CT molecular complexity index is 529. The van der Waals surface area contributed by atoms with Crippen LogP contribution in [0.3, 0.4) is 0 Å². The number of pyridine rings is 1. The average molecular weight is 307 g/mol. The molecule has 1 aromatic heterocycles. The zero-order valence-corrected chi connectivity index (χ0v) is 12.0. The van der Waals surface area contributed by atoms with Crippen LogP contribution in [0.2, 0.25) is 0 Å². The summed E-state index contributed by atoms with van der Waals surface area (Å²) in [5, 5.41) is 3.40. The van der Waals surface area contributed by atoms with Gasteiger partial charge in [0.1, 0.15) is 5.75 Å². The van der Waals surface area contributed by atoms with Crippen molar-refractivity contribution in [3.63, 3.8) is 0 Å². The van der Waals surface area contributed by atoms with Crippen molar-refractivity contribution in [2.24, 2.45) is 0 Å². The minimum atomic E-state index is 0.751. The summed E-state index contributed by atoms with van der Waals surface area (Å²) in [6.07, 6.45) is 3.59. The number of nitrogens with zero attached hydrogens (tertiary/aromatic N) is 1. The van der Waals surface area contributed by atoms with E-state index in [1.54, 1.807) is 19.5 Å². The van der Waals surface area contributed by atoms with E-state index in [1.165, 1.54) is 5.56 Å². The van der Waals surface area contributed by atoms with Gasteiger partial charge in [-0.25, -0.2) is 0 Å². The number of benzene rings is 1. The van der Waals surface area contributed by atoms with E-state index in [0.29, 0.717) is 0 Å². The maximum Gasteiger partial charge on any atom is 0.143 e. The summed E-state index contributed by atoms with van der Waals surface area (Å²) in [6.45, 7) is 2.81. The van der Waals surface area contributed by atoms with Crippen molar-refractivity contribution in [2.75, 3.05) is 12.4 Å². The number of halogens is 1. The highest BCUT2D eigenvalue weighted by molar-refractivity contribution is 9.10. The Morgan fingerprint density at radius 2 is 2.00 bits per heavy atom. The van der Waals surface area contributed by atoms with E-state index < -0.39 is 0 Å². The molecule has 94 valence electrons. The third kappa shape index (κ3) is 3.01. The van der Waals surface area contributed by atoms with Gasteiger partial charge in [0.05, 0.1) is 12.8 Å². The molecule has 2 aromatic rings. The van der Waals surface area contributed by atoms with Crippen LogP contribution < -0.4 is 10.1 Å². The van der Waals surface area contributed by atoms with Gasteiger partial charge in [0.2, 0.25) is 0 Å². The Morgan fingerprint density at radius 3 is 2.67 bits per heavy atom. The third-order valence-corrected chi connectivity index (χ3v) is 3.16. The topological polar surface area (TPSA) is 34.1 Å². The zero-order valence-electron chi connectivity index (χ0n) is 10.4. The molecule has 0 fully saturated rings. The molecule has 0 radical (unpaired) electrons. The molecule has 0 saturated carbocycles. The van der Waals surface area contributed by atoms with Gasteiger partial charge in [-0.2, -0.15) is 0 Å². The minimum absolute atomic E-state index is 0.751. The van der Waals surface area contributed by atoms with Crippen LogP contribution in [0.1, 0.15) is 11.1 Å². The van der Waals surface area contributed by atoms with Gasteiger partial charge in [0, 0.05) is 23.4 Å². The van der Waals surface area contributed by atoms with Crippen molar-refractivity contribution in [2.45, 2.75) is 13.5 Å². The molecule has 0 aliphatic heterocycles. The number of rotatable bonds is 4. The van der Waals surface area contributed by atoms with Gasteiger partial charge in [0.15, 0.2) is 0 Å². The summed E-state index contributed by atoms with van der Waals surface area (Å²) in [5.41, 5.74) is 3.36. The molecule has 0 aliphatic carbocycles. The Labute approximate surface area is 115 Å². The maximum absolute atomic E-state index is 5.39. The molecule has 0 spiro atoms. The number of aromatic nitrogens is 1. The molecule has 3 nitrogen and oxygen atoms in total. The molecule has 0 amide bonds. The normalized spacial score (nSPS) is 10.2. The lowest BCUT2D eigenvalue weighted by Gasteiger charge is -2.14. The van der Waals surface area contributed by atoms with Crippen LogP contribution in [0, 0.1) is 6.92 Å². The lowest BCUT2D eigenvalue weighted by Crippen LogP contribution is -2.03. The Morgan fingerprint density at radius 1 is 1.28 bits per heavy atom. The predicted octanol–water partition coefficient (Wildman–Crippen LogP) is 3.77. The first-order valence-electron chi connectivity index (χ1n) is 5.67. The van der Waals surface area contributed by atoms with Crippen LogP contribution in [-0.2, 0) is 6.54 Å². The molecule has 1 heterocycles. The summed E-state index contributed by atoms with van der Waals surface area (Å²) in [6, 6.07) is 8.01. The molecule has 0 bridgehead atoms. The quantitative estimate of drug-likeness (QED) is 0.933. The number of nitrogens with one attached hydrogen (secondary N) is 1. The molecule has 18 heavy (non-hydrogen) atoms. The Kier molecular flexibility index (Phi) is 4.20. The summed E-state index contributed by atoms with van der Waals surface area (Å²) in [4.78, 5) is 4.00. The van der Waals surface area contributed by atoms with Gasteiger partial charge >= 0.3 is 0 Å². The summed E-state index contributed by atoms with van der Waals surface area (Å²) < 4.78 is 6.41. The standard InChI is InChI=1S/C14H15BrN2O/c1-10-7-12(15)8-13(18-2)14(10)17-9-11-3-5-16-6-4-11/h3-8,17H,9H2,1-2H3. The second kappa shape index (κ2) is 5.87. The smallest absolute Gasteiger partial charge is 0.143 e. The molecule has 2 rings (SSSR count). The van der Waals surface area contributed by atoms with E-state index in [0.717, 1.165) is 28.0 Å². The third-order valence-electron chi connectivity index (χ3n) is 2.70. The second-order valence-electron chi connectivity index (χ2n) is 4.01. The lowest BCUT2D eigenvalue weighted by atomic mass is 10.1. The molecule has 0 saturated heterocycles. The van der Waals surface area contributed by atoms with Gasteiger partial charge in [-0.15, -0.1) is 0 Å². The van der Waals surface area contributed by atoms with Gasteiger partial charge in [-0.3, -0.25) is 4.98 Å². The fourth-order valence-electron chi connectivity index (χ4n) is 1.79. The van der Waals surface area contributed by atoms with Crippen molar-refractivity contribution in [3.8, 4) is 5.75 Å². The molecule has 0 aliphatic rings. The number of methoxy groups -OCH3 is 1. The van der Waals surface area contributed by atoms with Crippen LogP contribution in [0.25, 0.3) is 0 Å². The predicted molar refractivity (Wildman–Crippen MR) is 77.0 cm³/mol. The van der Waals surface area contributed by atoms with Gasteiger partial charge in [0.25, 0.3) is 0 Å². The fourth-order valence-corrected chi connectivity index (χ4v) is 2.34. The number of anilines is 1. The van der Waals surface area contributed by atoms with E-state index >= 15 is 0 Å². The molecule has 1 N–H and O–H groups in total. The molecule has 0 atom stereocenters. The molecular weight excluding hydrogens is 292 g/mol. The van der Waals surface area contributed by atoms with Crippen molar-refractivity contribution >= 4 is 21.6 Å². The highest BCUT2D eigenvalue weighted by atomic mass is 79.9. The van der Waals surface area contributed by atoms with Gasteiger partial charge in [-0.05, 0) is 42.3 Å². The first-order valence-corrected chi connectivity index (χ1v) is 6.47. The molecule has 1 aromatic carbocycles. The summed E-state index contributed by atoms with van der Waals surface area (Å²) in [7, 11) is 1.68.